The minimum atomic E-state index is 0.105. The largest absolute Gasteiger partial charge is 0.355 e. The highest BCUT2D eigenvalue weighted by atomic mass is 32.1. The number of hydrogen-bond acceptors (Lipinski definition) is 4. The number of hydrogen-bond donors (Lipinski definition) is 1. The number of nitrogens with one attached hydrogen (secondary N) is 1. The molecule has 1 aromatic carbocycles. The summed E-state index contributed by atoms with van der Waals surface area (Å²) in [6, 6.07) is 4.76. The Balaban J connectivity index is 1.53. The highest BCUT2D eigenvalue weighted by Gasteiger charge is 2.27. The van der Waals surface area contributed by atoms with E-state index in [4.69, 9.17) is 0 Å². The summed E-state index contributed by atoms with van der Waals surface area (Å²) in [7, 11) is 2.06. The van der Waals surface area contributed by atoms with Crippen molar-refractivity contribution in [2.24, 2.45) is 0 Å². The molecule has 0 saturated carbocycles. The molecule has 1 unspecified atom stereocenters. The molecule has 1 atom stereocenters. The zero-order valence-corrected chi connectivity index (χ0v) is 18.0. The van der Waals surface area contributed by atoms with Crippen LogP contribution >= 0.6 is 11.3 Å². The number of aromatic nitrogens is 1. The zero-order chi connectivity index (χ0) is 19.6. The molecule has 1 heterocycles. The molecule has 1 aliphatic carbocycles. The lowest BCUT2D eigenvalue weighted by Gasteiger charge is -2.30. The van der Waals surface area contributed by atoms with Gasteiger partial charge in [-0.3, -0.25) is 9.69 Å². The van der Waals surface area contributed by atoms with Crippen molar-refractivity contribution < 1.29 is 4.79 Å². The number of fused-ring (bicyclic) bond motifs is 1. The van der Waals surface area contributed by atoms with Crippen molar-refractivity contribution in [2.45, 2.75) is 59.4 Å². The van der Waals surface area contributed by atoms with Crippen LogP contribution in [0.15, 0.2) is 12.1 Å². The van der Waals surface area contributed by atoms with E-state index < -0.39 is 0 Å². The van der Waals surface area contributed by atoms with E-state index >= 15 is 0 Å². The number of carbonyl (C=O) groups excluding carboxylic acids is 1. The van der Waals surface area contributed by atoms with Crippen molar-refractivity contribution >= 4 is 17.2 Å². The van der Waals surface area contributed by atoms with Crippen molar-refractivity contribution in [3.8, 4) is 0 Å². The van der Waals surface area contributed by atoms with E-state index in [0.29, 0.717) is 19.1 Å². The fourth-order valence-electron chi connectivity index (χ4n) is 4.26. The molecule has 0 aliphatic heterocycles. The molecule has 2 aromatic rings. The van der Waals surface area contributed by atoms with Crippen molar-refractivity contribution in [1.29, 1.82) is 0 Å². The molecule has 4 nitrogen and oxygen atoms in total. The first-order chi connectivity index (χ1) is 12.8. The lowest BCUT2D eigenvalue weighted by Crippen LogP contribution is -2.38. The molecular weight excluding hydrogens is 354 g/mol. The molecule has 5 heteroatoms. The Labute approximate surface area is 167 Å². The maximum atomic E-state index is 12.5. The Morgan fingerprint density at radius 3 is 2.67 bits per heavy atom. The van der Waals surface area contributed by atoms with Crippen LogP contribution in [0.2, 0.25) is 0 Å². The van der Waals surface area contributed by atoms with Gasteiger partial charge >= 0.3 is 0 Å². The fourth-order valence-corrected chi connectivity index (χ4v) is 5.44. The van der Waals surface area contributed by atoms with E-state index in [0.717, 1.165) is 30.7 Å². The Morgan fingerprint density at radius 1 is 1.26 bits per heavy atom. The van der Waals surface area contributed by atoms with Gasteiger partial charge in [0.1, 0.15) is 0 Å². The van der Waals surface area contributed by atoms with Crippen LogP contribution in [0, 0.1) is 27.7 Å². The number of nitrogens with zero attached hydrogens (tertiary/aromatic N) is 2. The Morgan fingerprint density at radius 2 is 1.96 bits per heavy atom. The topological polar surface area (TPSA) is 45.2 Å². The third-order valence-corrected chi connectivity index (χ3v) is 6.61. The van der Waals surface area contributed by atoms with E-state index in [1.54, 1.807) is 11.3 Å². The van der Waals surface area contributed by atoms with Gasteiger partial charge in [-0.25, -0.2) is 4.98 Å². The minimum Gasteiger partial charge on any atom is -0.355 e. The van der Waals surface area contributed by atoms with E-state index in [-0.39, 0.29) is 5.91 Å². The van der Waals surface area contributed by atoms with Crippen molar-refractivity contribution in [3.05, 3.63) is 50.0 Å². The number of carbonyl (C=O) groups is 1. The summed E-state index contributed by atoms with van der Waals surface area (Å²) in [5, 5.41) is 4.24. The number of thiazole rings is 1. The first-order valence-electron chi connectivity index (χ1n) is 9.85. The molecule has 0 spiro atoms. The summed E-state index contributed by atoms with van der Waals surface area (Å²) in [5.41, 5.74) is 6.52. The third kappa shape index (κ3) is 4.77. The summed E-state index contributed by atoms with van der Waals surface area (Å²) in [5.74, 6) is 0.105. The molecule has 0 saturated heterocycles. The van der Waals surface area contributed by atoms with Gasteiger partial charge in [0.25, 0.3) is 0 Å². The maximum absolute atomic E-state index is 12.5. The first kappa shape index (κ1) is 20.0. The molecule has 3 rings (SSSR count). The predicted molar refractivity (Wildman–Crippen MR) is 113 cm³/mol. The average molecular weight is 386 g/mol. The Hall–Kier alpha value is -1.72. The van der Waals surface area contributed by atoms with Gasteiger partial charge in [0.05, 0.1) is 17.2 Å². The van der Waals surface area contributed by atoms with Crippen LogP contribution in [0.25, 0.3) is 0 Å². The summed E-state index contributed by atoms with van der Waals surface area (Å²) < 4.78 is 0. The number of benzene rings is 1. The van der Waals surface area contributed by atoms with Crippen molar-refractivity contribution in [2.75, 3.05) is 20.1 Å². The Kier molecular flexibility index (Phi) is 6.33. The quantitative estimate of drug-likeness (QED) is 0.816. The van der Waals surface area contributed by atoms with E-state index in [9.17, 15) is 4.79 Å². The van der Waals surface area contributed by atoms with Gasteiger partial charge in [-0.05, 0) is 77.1 Å². The number of aryl methyl sites for hydroxylation is 5. The molecule has 27 heavy (non-hydrogen) atoms. The van der Waals surface area contributed by atoms with Gasteiger partial charge in [-0.15, -0.1) is 11.3 Å². The summed E-state index contributed by atoms with van der Waals surface area (Å²) in [4.78, 5) is 20.7. The summed E-state index contributed by atoms with van der Waals surface area (Å²) in [6.45, 7) is 9.63. The zero-order valence-electron chi connectivity index (χ0n) is 17.2. The molecule has 0 bridgehead atoms. The van der Waals surface area contributed by atoms with Crippen LogP contribution < -0.4 is 5.32 Å². The molecule has 0 fully saturated rings. The predicted octanol–water partition coefficient (Wildman–Crippen LogP) is 4.04. The monoisotopic (exact) mass is 385 g/mol. The first-order valence-corrected chi connectivity index (χ1v) is 10.7. The molecule has 1 amide bonds. The average Bonchev–Trinajstić information content (AvgIpc) is 2.97. The van der Waals surface area contributed by atoms with Gasteiger partial charge in [0.15, 0.2) is 0 Å². The minimum absolute atomic E-state index is 0.105. The van der Waals surface area contributed by atoms with E-state index in [2.05, 4.69) is 62.1 Å². The highest BCUT2D eigenvalue weighted by Crippen LogP contribution is 2.37. The van der Waals surface area contributed by atoms with Crippen LogP contribution in [0.4, 0.5) is 0 Å². The molecule has 1 aliphatic rings. The third-order valence-electron chi connectivity index (χ3n) is 5.49. The molecule has 0 radical (unpaired) electrons. The lowest BCUT2D eigenvalue weighted by molar-refractivity contribution is -0.122. The molecular formula is C22H31N3OS. The smallest absolute Gasteiger partial charge is 0.234 e. The highest BCUT2D eigenvalue weighted by molar-refractivity contribution is 7.11. The van der Waals surface area contributed by atoms with Crippen molar-refractivity contribution in [3.63, 3.8) is 0 Å². The van der Waals surface area contributed by atoms with E-state index in [1.165, 1.54) is 32.8 Å². The van der Waals surface area contributed by atoms with Gasteiger partial charge in [-0.1, -0.05) is 17.7 Å². The van der Waals surface area contributed by atoms with Crippen LogP contribution in [-0.2, 0) is 17.6 Å². The Bertz CT molecular complexity index is 804. The fraction of sp³-hybridized carbons (Fsp3) is 0.545. The molecule has 1 N–H and O–H groups in total. The standard InChI is InChI=1S/C22H31N3OS/c1-14-11-15(2)18(16(3)12-14)9-10-23-21(26)13-25(5)20-8-6-7-19-22(20)27-17(4)24-19/h11-12,20H,6-10,13H2,1-5H3,(H,23,26). The number of likely N-dealkylation sites (N-methyl/N-ethyl adjacent to an activating group) is 1. The SMILES string of the molecule is Cc1cc(C)c(CCNC(=O)CN(C)C2CCCc3nc(C)sc32)c(C)c1. The van der Waals surface area contributed by atoms with Crippen LogP contribution in [-0.4, -0.2) is 35.9 Å². The van der Waals surface area contributed by atoms with Crippen LogP contribution in [0.1, 0.15) is 56.7 Å². The number of rotatable bonds is 6. The second-order valence-corrected chi connectivity index (χ2v) is 9.08. The van der Waals surface area contributed by atoms with Gasteiger partial charge in [0, 0.05) is 17.5 Å². The summed E-state index contributed by atoms with van der Waals surface area (Å²) in [6.07, 6.45) is 4.22. The second kappa shape index (κ2) is 8.53. The lowest BCUT2D eigenvalue weighted by atomic mass is 9.97. The normalized spacial score (nSPS) is 16.4. The molecule has 1 aromatic heterocycles. The van der Waals surface area contributed by atoms with Gasteiger partial charge in [-0.2, -0.15) is 0 Å². The maximum Gasteiger partial charge on any atom is 0.234 e. The van der Waals surface area contributed by atoms with E-state index in [1.807, 2.05) is 0 Å². The van der Waals surface area contributed by atoms with Gasteiger partial charge < -0.3 is 5.32 Å². The summed E-state index contributed by atoms with van der Waals surface area (Å²) >= 11 is 1.79. The van der Waals surface area contributed by atoms with Crippen LogP contribution in [0.3, 0.4) is 0 Å². The number of amides is 1. The van der Waals surface area contributed by atoms with Gasteiger partial charge in [0.2, 0.25) is 5.91 Å². The van der Waals surface area contributed by atoms with Crippen molar-refractivity contribution in [1.82, 2.24) is 15.2 Å². The van der Waals surface area contributed by atoms with Crippen LogP contribution in [0.5, 0.6) is 0 Å². The molecule has 146 valence electrons. The second-order valence-electron chi connectivity index (χ2n) is 7.84.